The molecule has 2 heterocycles. The minimum Gasteiger partial charge on any atom is -0.365 e. The van der Waals surface area contributed by atoms with Gasteiger partial charge >= 0.3 is 0 Å². The lowest BCUT2D eigenvalue weighted by atomic mass is 10.1. The van der Waals surface area contributed by atoms with Crippen LogP contribution in [0, 0.1) is 0 Å². The van der Waals surface area contributed by atoms with E-state index in [0.717, 1.165) is 12.4 Å². The molecule has 1 aliphatic heterocycles. The van der Waals surface area contributed by atoms with Crippen LogP contribution in [0.5, 0.6) is 0 Å². The van der Waals surface area contributed by atoms with Crippen molar-refractivity contribution < 1.29 is 0 Å². The lowest BCUT2D eigenvalue weighted by Gasteiger charge is -2.30. The van der Waals surface area contributed by atoms with E-state index < -0.39 is 0 Å². The number of anilines is 1. The van der Waals surface area contributed by atoms with Gasteiger partial charge in [-0.25, -0.2) is 0 Å². The molecule has 1 aromatic rings. The van der Waals surface area contributed by atoms with Gasteiger partial charge < -0.3 is 10.2 Å². The maximum Gasteiger partial charge on any atom is 0.151 e. The molecule has 0 aromatic carbocycles. The van der Waals surface area contributed by atoms with Crippen molar-refractivity contribution in [2.24, 2.45) is 0 Å². The average Bonchev–Trinajstić information content (AvgIpc) is 2.22. The van der Waals surface area contributed by atoms with Crippen molar-refractivity contribution in [1.29, 1.82) is 0 Å². The maximum absolute atomic E-state index is 5.67. The van der Waals surface area contributed by atoms with Gasteiger partial charge in [-0.1, -0.05) is 11.6 Å². The molecule has 15 heavy (non-hydrogen) atoms. The molecule has 4 nitrogen and oxygen atoms in total. The van der Waals surface area contributed by atoms with Crippen LogP contribution in [0.2, 0.25) is 5.15 Å². The van der Waals surface area contributed by atoms with E-state index in [9.17, 15) is 0 Å². The molecule has 5 heteroatoms. The Morgan fingerprint density at radius 3 is 3.00 bits per heavy atom. The molecule has 1 atom stereocenters. The summed E-state index contributed by atoms with van der Waals surface area (Å²) in [5.41, 5.74) is 0. The zero-order valence-corrected chi connectivity index (χ0v) is 9.54. The second kappa shape index (κ2) is 4.77. The van der Waals surface area contributed by atoms with Crippen LogP contribution in [0.3, 0.4) is 0 Å². The number of hydrogen-bond acceptors (Lipinski definition) is 4. The quantitative estimate of drug-likeness (QED) is 0.833. The fourth-order valence-corrected chi connectivity index (χ4v) is 1.99. The Morgan fingerprint density at radius 2 is 2.33 bits per heavy atom. The van der Waals surface area contributed by atoms with Crippen LogP contribution in [-0.2, 0) is 0 Å². The molecule has 0 bridgehead atoms. The topological polar surface area (TPSA) is 41.0 Å². The first-order valence-electron chi connectivity index (χ1n) is 5.18. The van der Waals surface area contributed by atoms with Crippen molar-refractivity contribution >= 4 is 17.4 Å². The summed E-state index contributed by atoms with van der Waals surface area (Å²) in [7, 11) is 2.14. The van der Waals surface area contributed by atoms with Crippen LogP contribution in [0.15, 0.2) is 12.1 Å². The van der Waals surface area contributed by atoms with Gasteiger partial charge in [-0.05, 0) is 38.6 Å². The standard InChI is InChI=1S/C10H15ClN4/c1-15-6-2-3-8(7-15)12-10-5-4-9(11)13-14-10/h4-5,8H,2-3,6-7H2,1H3,(H,12,14). The van der Waals surface area contributed by atoms with Crippen LogP contribution in [0.4, 0.5) is 5.82 Å². The Hall–Kier alpha value is -0.870. The van der Waals surface area contributed by atoms with Crippen LogP contribution in [0.1, 0.15) is 12.8 Å². The summed E-state index contributed by atoms with van der Waals surface area (Å²) < 4.78 is 0. The van der Waals surface area contributed by atoms with E-state index in [4.69, 9.17) is 11.6 Å². The molecule has 0 aliphatic carbocycles. The molecule has 0 radical (unpaired) electrons. The monoisotopic (exact) mass is 226 g/mol. The van der Waals surface area contributed by atoms with Gasteiger partial charge in [0.25, 0.3) is 0 Å². The van der Waals surface area contributed by atoms with Crippen LogP contribution < -0.4 is 5.32 Å². The molecule has 0 spiro atoms. The number of nitrogens with one attached hydrogen (secondary N) is 1. The third kappa shape index (κ3) is 3.04. The lowest BCUT2D eigenvalue weighted by molar-refractivity contribution is 0.260. The van der Waals surface area contributed by atoms with Gasteiger partial charge in [0.05, 0.1) is 0 Å². The molecule has 0 saturated carbocycles. The molecule has 2 rings (SSSR count). The molecule has 0 amide bonds. The molecule has 1 fully saturated rings. The van der Waals surface area contributed by atoms with Crippen LogP contribution in [-0.4, -0.2) is 41.3 Å². The smallest absolute Gasteiger partial charge is 0.151 e. The van der Waals surface area contributed by atoms with E-state index in [2.05, 4.69) is 27.5 Å². The van der Waals surface area contributed by atoms with Gasteiger partial charge in [-0.15, -0.1) is 10.2 Å². The summed E-state index contributed by atoms with van der Waals surface area (Å²) in [5.74, 6) is 0.805. The minimum absolute atomic E-state index is 0.432. The highest BCUT2D eigenvalue weighted by Gasteiger charge is 2.16. The molecule has 1 unspecified atom stereocenters. The first kappa shape index (κ1) is 10.6. The summed E-state index contributed by atoms with van der Waals surface area (Å²) >= 11 is 5.67. The largest absolute Gasteiger partial charge is 0.365 e. The SMILES string of the molecule is CN1CCCC(Nc2ccc(Cl)nn2)C1. The van der Waals surface area contributed by atoms with Crippen molar-refractivity contribution in [1.82, 2.24) is 15.1 Å². The summed E-state index contributed by atoms with van der Waals surface area (Å²) in [5, 5.41) is 11.6. The maximum atomic E-state index is 5.67. The summed E-state index contributed by atoms with van der Waals surface area (Å²) in [4.78, 5) is 2.32. The molecule has 82 valence electrons. The highest BCUT2D eigenvalue weighted by atomic mass is 35.5. The highest BCUT2D eigenvalue weighted by molar-refractivity contribution is 6.29. The Bertz CT molecular complexity index is 314. The van der Waals surface area contributed by atoms with Crippen LogP contribution in [0.25, 0.3) is 0 Å². The first-order valence-corrected chi connectivity index (χ1v) is 5.56. The third-order valence-corrected chi connectivity index (χ3v) is 2.81. The second-order valence-electron chi connectivity index (χ2n) is 3.99. The van der Waals surface area contributed by atoms with Crippen molar-refractivity contribution in [2.75, 3.05) is 25.5 Å². The average molecular weight is 227 g/mol. The lowest BCUT2D eigenvalue weighted by Crippen LogP contribution is -2.39. The fraction of sp³-hybridized carbons (Fsp3) is 0.600. The van der Waals surface area contributed by atoms with Gasteiger partial charge in [-0.3, -0.25) is 0 Å². The highest BCUT2D eigenvalue weighted by Crippen LogP contribution is 2.13. The number of rotatable bonds is 2. The molecule has 1 saturated heterocycles. The Balaban J connectivity index is 1.93. The van der Waals surface area contributed by atoms with Crippen molar-refractivity contribution in [3.63, 3.8) is 0 Å². The van der Waals surface area contributed by atoms with Crippen molar-refractivity contribution in [3.8, 4) is 0 Å². The number of piperidine rings is 1. The van der Waals surface area contributed by atoms with Gasteiger partial charge in [-0.2, -0.15) is 0 Å². The number of nitrogens with zero attached hydrogens (tertiary/aromatic N) is 3. The summed E-state index contributed by atoms with van der Waals surface area (Å²) in [6, 6.07) is 4.09. The minimum atomic E-state index is 0.432. The fourth-order valence-electron chi connectivity index (χ4n) is 1.89. The van der Waals surface area contributed by atoms with E-state index >= 15 is 0 Å². The van der Waals surface area contributed by atoms with Crippen LogP contribution >= 0.6 is 11.6 Å². The molecular weight excluding hydrogens is 212 g/mol. The van der Waals surface area contributed by atoms with Gasteiger partial charge in [0.15, 0.2) is 5.15 Å². The third-order valence-electron chi connectivity index (χ3n) is 2.61. The zero-order chi connectivity index (χ0) is 10.7. The zero-order valence-electron chi connectivity index (χ0n) is 8.78. The normalized spacial score (nSPS) is 22.7. The number of likely N-dealkylation sites (N-methyl/N-ethyl adjacent to an activating group) is 1. The number of aromatic nitrogens is 2. The van der Waals surface area contributed by atoms with E-state index in [1.807, 2.05) is 6.07 Å². The molecule has 1 aromatic heterocycles. The van der Waals surface area contributed by atoms with Crippen molar-refractivity contribution in [2.45, 2.75) is 18.9 Å². The van der Waals surface area contributed by atoms with E-state index in [1.54, 1.807) is 6.07 Å². The number of halogens is 1. The van der Waals surface area contributed by atoms with Gasteiger partial charge in [0.2, 0.25) is 0 Å². The summed E-state index contributed by atoms with van der Waals surface area (Å²) in [6.45, 7) is 2.24. The molecule has 1 N–H and O–H groups in total. The Morgan fingerprint density at radius 1 is 1.47 bits per heavy atom. The molecular formula is C10H15ClN4. The molecule has 1 aliphatic rings. The number of hydrogen-bond donors (Lipinski definition) is 1. The van der Waals surface area contributed by atoms with Gasteiger partial charge in [0.1, 0.15) is 5.82 Å². The van der Waals surface area contributed by atoms with E-state index in [-0.39, 0.29) is 0 Å². The Labute approximate surface area is 94.6 Å². The predicted octanol–water partition coefficient (Wildman–Crippen LogP) is 1.64. The number of likely N-dealkylation sites (tertiary alicyclic amines) is 1. The first-order chi connectivity index (χ1) is 7.24. The van der Waals surface area contributed by atoms with Crippen molar-refractivity contribution in [3.05, 3.63) is 17.3 Å². The second-order valence-corrected chi connectivity index (χ2v) is 4.37. The Kier molecular flexibility index (Phi) is 3.38. The van der Waals surface area contributed by atoms with Gasteiger partial charge in [0, 0.05) is 12.6 Å². The van der Waals surface area contributed by atoms with E-state index in [1.165, 1.54) is 19.4 Å². The predicted molar refractivity (Wildman–Crippen MR) is 61.2 cm³/mol. The summed E-state index contributed by atoms with van der Waals surface area (Å²) in [6.07, 6.45) is 2.42. The van der Waals surface area contributed by atoms with E-state index in [0.29, 0.717) is 11.2 Å².